The number of aromatic nitrogens is 2. The number of aryl methyl sites for hydroxylation is 1. The Hall–Kier alpha value is -3.61. The molecular weight excluding hydrogens is 402 g/mol. The molecule has 0 aliphatic rings. The van der Waals surface area contributed by atoms with E-state index in [2.05, 4.69) is 17.6 Å². The first kappa shape index (κ1) is 23.1. The topological polar surface area (TPSA) is 92.2 Å². The molecule has 0 saturated carbocycles. The van der Waals surface area contributed by atoms with Gasteiger partial charge in [-0.05, 0) is 56.2 Å². The van der Waals surface area contributed by atoms with E-state index in [-0.39, 0.29) is 0 Å². The minimum absolute atomic E-state index is 0.461. The van der Waals surface area contributed by atoms with Gasteiger partial charge in [-0.15, -0.1) is 0 Å². The van der Waals surface area contributed by atoms with Crippen LogP contribution in [0.4, 0.5) is 17.2 Å². The average Bonchev–Trinajstić information content (AvgIpc) is 2.79. The zero-order valence-corrected chi connectivity index (χ0v) is 19.4. The van der Waals surface area contributed by atoms with Crippen molar-refractivity contribution in [2.75, 3.05) is 31.4 Å². The molecule has 0 atom stereocenters. The highest BCUT2D eigenvalue weighted by Gasteiger charge is 2.20. The van der Waals surface area contributed by atoms with Gasteiger partial charge in [-0.25, -0.2) is 9.97 Å². The fourth-order valence-corrected chi connectivity index (χ4v) is 3.52. The number of nitrogens with zero attached hydrogens (tertiary/aromatic N) is 2. The molecule has 0 aliphatic carbocycles. The van der Waals surface area contributed by atoms with E-state index in [1.807, 2.05) is 63.4 Å². The molecule has 168 valence electrons. The summed E-state index contributed by atoms with van der Waals surface area (Å²) in [5.41, 5.74) is 4.40. The fraction of sp³-hybridized carbons (Fsp3) is 0.320. The number of para-hydroxylation sites is 1. The van der Waals surface area contributed by atoms with Crippen molar-refractivity contribution in [1.29, 1.82) is 5.41 Å². The summed E-state index contributed by atoms with van der Waals surface area (Å²) in [5, 5.41) is 15.2. The van der Waals surface area contributed by atoms with Crippen LogP contribution in [0.25, 0.3) is 11.4 Å². The van der Waals surface area contributed by atoms with Crippen LogP contribution >= 0.6 is 0 Å². The van der Waals surface area contributed by atoms with Gasteiger partial charge in [0, 0.05) is 12.7 Å². The van der Waals surface area contributed by atoms with E-state index in [9.17, 15) is 0 Å². The van der Waals surface area contributed by atoms with Crippen LogP contribution in [0.1, 0.15) is 37.9 Å². The largest absolute Gasteiger partial charge is 0.496 e. The van der Waals surface area contributed by atoms with Crippen LogP contribution in [0.5, 0.6) is 11.5 Å². The molecule has 7 nitrogen and oxygen atoms in total. The lowest BCUT2D eigenvalue weighted by atomic mass is 10.1. The minimum Gasteiger partial charge on any atom is -0.496 e. The Labute approximate surface area is 189 Å². The molecule has 3 rings (SSSR count). The zero-order chi connectivity index (χ0) is 23.1. The maximum Gasteiger partial charge on any atom is 0.166 e. The molecule has 0 radical (unpaired) electrons. The molecule has 32 heavy (non-hydrogen) atoms. The van der Waals surface area contributed by atoms with E-state index in [0.717, 1.165) is 29.0 Å². The third kappa shape index (κ3) is 4.99. The number of anilines is 3. The fourth-order valence-electron chi connectivity index (χ4n) is 3.52. The van der Waals surface area contributed by atoms with E-state index in [0.29, 0.717) is 47.5 Å². The first-order chi connectivity index (χ1) is 15.5. The summed E-state index contributed by atoms with van der Waals surface area (Å²) in [6.45, 7) is 6.54. The van der Waals surface area contributed by atoms with Gasteiger partial charge in [0.1, 0.15) is 22.9 Å². The van der Waals surface area contributed by atoms with E-state index in [4.69, 9.17) is 24.9 Å². The quantitative estimate of drug-likeness (QED) is 0.349. The number of hydrogen-bond acceptors (Lipinski definition) is 7. The minimum atomic E-state index is 0.461. The Balaban J connectivity index is 2.16. The Morgan fingerprint density at radius 3 is 2.50 bits per heavy atom. The maximum absolute atomic E-state index is 8.63. The summed E-state index contributed by atoms with van der Waals surface area (Å²) in [6.07, 6.45) is 1.48. The number of methoxy groups -OCH3 is 1. The van der Waals surface area contributed by atoms with Crippen molar-refractivity contribution in [3.8, 4) is 22.9 Å². The lowest BCUT2D eigenvalue weighted by Gasteiger charge is -2.18. The summed E-state index contributed by atoms with van der Waals surface area (Å²) >= 11 is 0. The van der Waals surface area contributed by atoms with Gasteiger partial charge in [0.05, 0.1) is 25.0 Å². The Morgan fingerprint density at radius 2 is 1.84 bits per heavy atom. The third-order valence-electron chi connectivity index (χ3n) is 5.03. The van der Waals surface area contributed by atoms with E-state index in [1.165, 1.54) is 0 Å². The van der Waals surface area contributed by atoms with Gasteiger partial charge in [-0.2, -0.15) is 0 Å². The second kappa shape index (κ2) is 10.6. The van der Waals surface area contributed by atoms with Crippen LogP contribution in [-0.4, -0.2) is 36.4 Å². The number of ether oxygens (including phenoxy) is 2. The van der Waals surface area contributed by atoms with Crippen molar-refractivity contribution in [2.45, 2.75) is 33.6 Å². The molecule has 1 aromatic heterocycles. The van der Waals surface area contributed by atoms with Crippen molar-refractivity contribution < 1.29 is 9.47 Å². The van der Waals surface area contributed by atoms with Crippen LogP contribution in [0.3, 0.4) is 0 Å². The zero-order valence-electron chi connectivity index (χ0n) is 19.4. The summed E-state index contributed by atoms with van der Waals surface area (Å²) in [7, 11) is 3.48. The first-order valence-electron chi connectivity index (χ1n) is 10.8. The van der Waals surface area contributed by atoms with Crippen LogP contribution in [0.15, 0.2) is 42.5 Å². The number of hydrogen-bond donors (Lipinski definition) is 3. The van der Waals surface area contributed by atoms with Gasteiger partial charge >= 0.3 is 0 Å². The van der Waals surface area contributed by atoms with Crippen LogP contribution in [0, 0.1) is 12.3 Å². The van der Waals surface area contributed by atoms with Crippen LogP contribution < -0.4 is 20.1 Å². The molecule has 0 amide bonds. The van der Waals surface area contributed by atoms with E-state index < -0.39 is 0 Å². The Bertz CT molecular complexity index is 1100. The van der Waals surface area contributed by atoms with Crippen LogP contribution in [0.2, 0.25) is 0 Å². The molecule has 0 unspecified atom stereocenters. The molecule has 1 heterocycles. The maximum atomic E-state index is 8.63. The van der Waals surface area contributed by atoms with Gasteiger partial charge in [0.25, 0.3) is 0 Å². The van der Waals surface area contributed by atoms with Crippen molar-refractivity contribution in [2.24, 2.45) is 0 Å². The summed E-state index contributed by atoms with van der Waals surface area (Å²) in [6, 6.07) is 13.6. The van der Waals surface area contributed by atoms with Gasteiger partial charge in [-0.1, -0.05) is 25.5 Å². The van der Waals surface area contributed by atoms with Gasteiger partial charge in [0.2, 0.25) is 0 Å². The highest BCUT2D eigenvalue weighted by atomic mass is 16.5. The average molecular weight is 434 g/mol. The Kier molecular flexibility index (Phi) is 7.65. The number of benzene rings is 2. The predicted molar refractivity (Wildman–Crippen MR) is 131 cm³/mol. The first-order valence-corrected chi connectivity index (χ1v) is 10.8. The van der Waals surface area contributed by atoms with Crippen molar-refractivity contribution in [1.82, 2.24) is 9.97 Å². The number of nitrogens with one attached hydrogen (secondary N) is 3. The van der Waals surface area contributed by atoms with E-state index >= 15 is 0 Å². The summed E-state index contributed by atoms with van der Waals surface area (Å²) in [5.74, 6) is 2.65. The normalized spacial score (nSPS) is 10.5. The molecule has 3 aromatic rings. The van der Waals surface area contributed by atoms with E-state index in [1.54, 1.807) is 7.11 Å². The summed E-state index contributed by atoms with van der Waals surface area (Å²) < 4.78 is 11.2. The lowest BCUT2D eigenvalue weighted by Crippen LogP contribution is -2.12. The van der Waals surface area contributed by atoms with Gasteiger partial charge < -0.3 is 25.5 Å². The smallest absolute Gasteiger partial charge is 0.166 e. The molecule has 0 aliphatic heterocycles. The molecule has 0 fully saturated rings. The second-order valence-corrected chi connectivity index (χ2v) is 7.34. The monoisotopic (exact) mass is 433 g/mol. The van der Waals surface area contributed by atoms with Crippen molar-refractivity contribution >= 4 is 22.9 Å². The molecule has 3 N–H and O–H groups in total. The summed E-state index contributed by atoms with van der Waals surface area (Å²) in [4.78, 5) is 9.62. The highest BCUT2D eigenvalue weighted by Crippen LogP contribution is 2.34. The van der Waals surface area contributed by atoms with Crippen molar-refractivity contribution in [3.05, 3.63) is 53.7 Å². The molecule has 7 heteroatoms. The van der Waals surface area contributed by atoms with Crippen molar-refractivity contribution in [3.63, 3.8) is 0 Å². The second-order valence-electron chi connectivity index (χ2n) is 7.34. The molecule has 0 bridgehead atoms. The standard InChI is InChI=1S/C25H31N5O2/c1-6-10-19(26)22-23(27-4)25(28-17-13-14-20(31-5)16(3)15-17)30-24(29-22)18-11-8-9-12-21(18)32-7-2/h8-9,11-15,26-27H,6-7,10H2,1-5H3,(H,28,29,30). The van der Waals surface area contributed by atoms with Gasteiger partial charge in [-0.3, -0.25) is 0 Å². The lowest BCUT2D eigenvalue weighted by molar-refractivity contribution is 0.341. The SMILES string of the molecule is CCCC(=N)c1nc(-c2ccccc2OCC)nc(Nc2ccc(OC)c(C)c2)c1NC. The predicted octanol–water partition coefficient (Wildman–Crippen LogP) is 5.81. The molecule has 2 aromatic carbocycles. The van der Waals surface area contributed by atoms with Crippen LogP contribution in [-0.2, 0) is 0 Å². The molecule has 0 saturated heterocycles. The Morgan fingerprint density at radius 1 is 1.06 bits per heavy atom. The van der Waals surface area contributed by atoms with Gasteiger partial charge in [0.15, 0.2) is 11.6 Å². The molecule has 0 spiro atoms. The highest BCUT2D eigenvalue weighted by molar-refractivity contribution is 6.04. The molecular formula is C25H31N5O2. The third-order valence-corrected chi connectivity index (χ3v) is 5.03. The number of rotatable bonds is 10.